The van der Waals surface area contributed by atoms with Gasteiger partial charge in [0.25, 0.3) is 0 Å². The summed E-state index contributed by atoms with van der Waals surface area (Å²) >= 11 is 1.31. The highest BCUT2D eigenvalue weighted by atomic mass is 32.2. The Labute approximate surface area is 167 Å². The van der Waals surface area contributed by atoms with E-state index in [0.29, 0.717) is 0 Å². The number of carbonyl (C=O) groups excluding carboxylic acids is 3. The third-order valence-corrected chi connectivity index (χ3v) is 5.39. The number of aromatic nitrogens is 1. The second-order valence-corrected chi connectivity index (χ2v) is 6.88. The molecule has 0 aliphatic carbocycles. The molecule has 0 fully saturated rings. The highest BCUT2D eigenvalue weighted by molar-refractivity contribution is 7.99. The Morgan fingerprint density at radius 1 is 0.929 bits per heavy atom. The number of rotatable bonds is 8. The van der Waals surface area contributed by atoms with Crippen LogP contribution in [0.25, 0.3) is 0 Å². The molecule has 0 atom stereocenters. The Kier molecular flexibility index (Phi) is 7.57. The lowest BCUT2D eigenvalue weighted by molar-refractivity contribution is -0.167. The number of benzene rings is 1. The molecule has 0 radical (unpaired) electrons. The Balaban J connectivity index is 2.47. The van der Waals surface area contributed by atoms with Crippen LogP contribution in [0, 0.1) is 5.41 Å². The first-order chi connectivity index (χ1) is 13.5. The number of esters is 3. The lowest BCUT2D eigenvalue weighted by Crippen LogP contribution is -2.46. The highest BCUT2D eigenvalue weighted by Crippen LogP contribution is 2.34. The predicted octanol–water partition coefficient (Wildman–Crippen LogP) is 2.54. The summed E-state index contributed by atoms with van der Waals surface area (Å²) in [6.07, 6.45) is 1.31. The molecule has 0 aliphatic heterocycles. The molecular formula is C20H21NO6S. The van der Waals surface area contributed by atoms with Gasteiger partial charge in [0, 0.05) is 23.3 Å². The van der Waals surface area contributed by atoms with E-state index in [-0.39, 0.29) is 23.4 Å². The van der Waals surface area contributed by atoms with E-state index in [1.165, 1.54) is 45.4 Å². The van der Waals surface area contributed by atoms with E-state index in [4.69, 9.17) is 14.2 Å². The maximum atomic E-state index is 12.7. The van der Waals surface area contributed by atoms with Gasteiger partial charge in [-0.1, -0.05) is 18.2 Å². The van der Waals surface area contributed by atoms with Gasteiger partial charge in [-0.3, -0.25) is 14.6 Å². The van der Waals surface area contributed by atoms with Crippen molar-refractivity contribution in [2.24, 2.45) is 5.41 Å². The summed E-state index contributed by atoms with van der Waals surface area (Å²) in [4.78, 5) is 42.6. The summed E-state index contributed by atoms with van der Waals surface area (Å²) in [5.41, 5.74) is -1.26. The van der Waals surface area contributed by atoms with Crippen molar-refractivity contribution in [1.29, 1.82) is 0 Å². The fourth-order valence-corrected chi connectivity index (χ4v) is 3.77. The first-order valence-corrected chi connectivity index (χ1v) is 9.34. The first-order valence-electron chi connectivity index (χ1n) is 8.35. The molecule has 8 heteroatoms. The van der Waals surface area contributed by atoms with Crippen LogP contribution < -0.4 is 0 Å². The van der Waals surface area contributed by atoms with Gasteiger partial charge in [0.1, 0.15) is 0 Å². The van der Waals surface area contributed by atoms with Crippen LogP contribution in [0.2, 0.25) is 0 Å². The van der Waals surface area contributed by atoms with Crippen LogP contribution in [0.5, 0.6) is 0 Å². The van der Waals surface area contributed by atoms with Gasteiger partial charge in [-0.25, -0.2) is 4.79 Å². The van der Waals surface area contributed by atoms with Crippen LogP contribution in [0.15, 0.2) is 53.6 Å². The summed E-state index contributed by atoms with van der Waals surface area (Å²) < 4.78 is 14.6. The number of nitrogens with zero attached hydrogens (tertiary/aromatic N) is 1. The van der Waals surface area contributed by atoms with E-state index in [2.05, 4.69) is 4.98 Å². The number of hydrogen-bond donors (Lipinski definition) is 0. The smallest absolute Gasteiger partial charge is 0.339 e. The van der Waals surface area contributed by atoms with Crippen molar-refractivity contribution < 1.29 is 28.6 Å². The zero-order chi connectivity index (χ0) is 20.6. The molecule has 7 nitrogen and oxygen atoms in total. The molecule has 148 valence electrons. The molecule has 1 heterocycles. The van der Waals surface area contributed by atoms with E-state index in [0.717, 1.165) is 4.90 Å². The number of pyridine rings is 1. The van der Waals surface area contributed by atoms with E-state index >= 15 is 0 Å². The molecule has 0 saturated carbocycles. The highest BCUT2D eigenvalue weighted by Gasteiger charge is 2.49. The summed E-state index contributed by atoms with van der Waals surface area (Å²) in [5.74, 6) is -2.08. The number of ether oxygens (including phenoxy) is 3. The topological polar surface area (TPSA) is 91.8 Å². The van der Waals surface area contributed by atoms with Gasteiger partial charge in [-0.2, -0.15) is 0 Å². The largest absolute Gasteiger partial charge is 0.468 e. The van der Waals surface area contributed by atoms with Crippen LogP contribution in [-0.2, 0) is 30.2 Å². The summed E-state index contributed by atoms with van der Waals surface area (Å²) in [6.45, 7) is 0. The Bertz CT molecular complexity index is 824. The second kappa shape index (κ2) is 9.89. The Morgan fingerprint density at radius 3 is 2.14 bits per heavy atom. The molecule has 0 amide bonds. The quantitative estimate of drug-likeness (QED) is 0.287. The van der Waals surface area contributed by atoms with Crippen molar-refractivity contribution in [2.45, 2.75) is 11.3 Å². The molecule has 2 rings (SSSR count). The van der Waals surface area contributed by atoms with Gasteiger partial charge >= 0.3 is 17.9 Å². The average molecular weight is 403 g/mol. The predicted molar refractivity (Wildman–Crippen MR) is 103 cm³/mol. The van der Waals surface area contributed by atoms with Gasteiger partial charge in [0.15, 0.2) is 5.41 Å². The van der Waals surface area contributed by atoms with Crippen molar-refractivity contribution >= 4 is 29.7 Å². The molecule has 28 heavy (non-hydrogen) atoms. The van der Waals surface area contributed by atoms with E-state index < -0.39 is 23.3 Å². The zero-order valence-corrected chi connectivity index (χ0v) is 16.7. The zero-order valence-electron chi connectivity index (χ0n) is 15.8. The van der Waals surface area contributed by atoms with Gasteiger partial charge in [0.2, 0.25) is 0 Å². The second-order valence-electron chi connectivity index (χ2n) is 5.83. The van der Waals surface area contributed by atoms with Crippen molar-refractivity contribution in [3.05, 3.63) is 59.9 Å². The lowest BCUT2D eigenvalue weighted by Gasteiger charge is -2.28. The first kappa shape index (κ1) is 21.4. The molecule has 0 aliphatic rings. The number of carbonyl (C=O) groups is 3. The van der Waals surface area contributed by atoms with E-state index in [9.17, 15) is 14.4 Å². The average Bonchev–Trinajstić information content (AvgIpc) is 2.75. The molecule has 1 aromatic heterocycles. The summed E-state index contributed by atoms with van der Waals surface area (Å²) in [6, 6.07) is 12.4. The molecule has 0 unspecified atom stereocenters. The van der Waals surface area contributed by atoms with Crippen LogP contribution in [0.3, 0.4) is 0 Å². The monoisotopic (exact) mass is 403 g/mol. The van der Waals surface area contributed by atoms with E-state index in [1.807, 2.05) is 30.3 Å². The minimum absolute atomic E-state index is 0.0492. The van der Waals surface area contributed by atoms with Crippen LogP contribution in [0.1, 0.15) is 16.1 Å². The molecule has 0 saturated heterocycles. The Hall–Kier alpha value is -2.87. The van der Waals surface area contributed by atoms with Crippen molar-refractivity contribution in [1.82, 2.24) is 4.98 Å². The lowest BCUT2D eigenvalue weighted by atomic mass is 9.83. The van der Waals surface area contributed by atoms with Crippen LogP contribution in [-0.4, -0.2) is 50.0 Å². The molecule has 0 N–H and O–H groups in total. The summed E-state index contributed by atoms with van der Waals surface area (Å²) in [5, 5.41) is 0. The third kappa shape index (κ3) is 4.69. The minimum atomic E-state index is -1.68. The molecule has 1 aromatic carbocycles. The third-order valence-electron chi connectivity index (χ3n) is 4.15. The number of thioether (sulfide) groups is 1. The van der Waals surface area contributed by atoms with Gasteiger partial charge in [-0.15, -0.1) is 11.8 Å². The maximum absolute atomic E-state index is 12.7. The van der Waals surface area contributed by atoms with Crippen LogP contribution in [0.4, 0.5) is 0 Å². The van der Waals surface area contributed by atoms with Gasteiger partial charge < -0.3 is 14.2 Å². The molecule has 0 spiro atoms. The SMILES string of the molecule is COC(=O)c1cccnc1CC(CSc1ccccc1)(C(=O)OC)C(=O)OC. The standard InChI is InChI=1S/C20H21NO6S/c1-25-17(22)15-10-7-11-21-16(15)12-20(18(23)26-2,19(24)27-3)13-28-14-8-5-4-6-9-14/h4-11H,12-13H2,1-3H3. The Morgan fingerprint density at radius 2 is 1.57 bits per heavy atom. The van der Waals surface area contributed by atoms with Gasteiger partial charge in [-0.05, 0) is 24.3 Å². The number of hydrogen-bond acceptors (Lipinski definition) is 8. The molecule has 0 bridgehead atoms. The van der Waals surface area contributed by atoms with Crippen molar-refractivity contribution in [3.8, 4) is 0 Å². The fourth-order valence-electron chi connectivity index (χ4n) is 2.67. The van der Waals surface area contributed by atoms with Crippen molar-refractivity contribution in [2.75, 3.05) is 27.1 Å². The minimum Gasteiger partial charge on any atom is -0.468 e. The van der Waals surface area contributed by atoms with Crippen molar-refractivity contribution in [3.63, 3.8) is 0 Å². The van der Waals surface area contributed by atoms with E-state index in [1.54, 1.807) is 6.07 Å². The fraction of sp³-hybridized carbons (Fsp3) is 0.300. The summed E-state index contributed by atoms with van der Waals surface area (Å²) in [7, 11) is 3.65. The normalized spacial score (nSPS) is 10.8. The maximum Gasteiger partial charge on any atom is 0.339 e. The number of methoxy groups -OCH3 is 3. The molecular weight excluding hydrogens is 382 g/mol. The van der Waals surface area contributed by atoms with Gasteiger partial charge in [0.05, 0.1) is 32.6 Å². The molecule has 2 aromatic rings. The van der Waals surface area contributed by atoms with Crippen LogP contribution >= 0.6 is 11.8 Å².